The number of nitrogens with zero attached hydrogens (tertiary/aromatic N) is 3. The number of anilines is 2. The molecule has 2 aromatic rings. The molecule has 0 radical (unpaired) electrons. The quantitative estimate of drug-likeness (QED) is 0.667. The van der Waals surface area contributed by atoms with Crippen molar-refractivity contribution < 1.29 is 9.59 Å². The third-order valence-corrected chi connectivity index (χ3v) is 7.09. The second kappa shape index (κ2) is 10.1. The molecule has 34 heavy (non-hydrogen) atoms. The number of halogens is 1. The Balaban J connectivity index is 0.00000274. The van der Waals surface area contributed by atoms with E-state index in [9.17, 15) is 9.59 Å². The van der Waals surface area contributed by atoms with Crippen LogP contribution in [0.4, 0.5) is 16.2 Å². The largest absolute Gasteiger partial charge is 0.356 e. The highest BCUT2D eigenvalue weighted by Crippen LogP contribution is 2.36. The van der Waals surface area contributed by atoms with Gasteiger partial charge in [0, 0.05) is 31.4 Å². The summed E-state index contributed by atoms with van der Waals surface area (Å²) in [6, 6.07) is 15.0. The molecule has 4 aliphatic rings. The summed E-state index contributed by atoms with van der Waals surface area (Å²) in [6.07, 6.45) is 4.04. The fourth-order valence-electron chi connectivity index (χ4n) is 5.33. The van der Waals surface area contributed by atoms with Crippen molar-refractivity contribution >= 4 is 41.6 Å². The number of aryl methyl sites for hydroxylation is 1. The Hall–Kier alpha value is -3.06. The predicted octanol–water partition coefficient (Wildman–Crippen LogP) is 4.41. The average molecular weight is 482 g/mol. The number of carbonyl (C=O) groups is 2. The van der Waals surface area contributed by atoms with Gasteiger partial charge in [-0.15, -0.1) is 12.4 Å². The summed E-state index contributed by atoms with van der Waals surface area (Å²) >= 11 is 0. The van der Waals surface area contributed by atoms with Crippen LogP contribution in [0.5, 0.6) is 0 Å². The summed E-state index contributed by atoms with van der Waals surface area (Å²) in [7, 11) is 1.75. The number of para-hydroxylation sites is 1. The van der Waals surface area contributed by atoms with Crippen molar-refractivity contribution in [3.05, 3.63) is 59.7 Å². The molecule has 3 fully saturated rings. The van der Waals surface area contributed by atoms with Gasteiger partial charge in [-0.2, -0.15) is 0 Å². The van der Waals surface area contributed by atoms with Gasteiger partial charge in [0.2, 0.25) is 6.17 Å². The number of urea groups is 1. The highest BCUT2D eigenvalue weighted by Gasteiger charge is 2.36. The van der Waals surface area contributed by atoms with Gasteiger partial charge in [0.1, 0.15) is 5.84 Å². The number of likely N-dealkylation sites (N-methyl/N-ethyl adjacent to an activating group) is 1. The van der Waals surface area contributed by atoms with Crippen molar-refractivity contribution in [2.75, 3.05) is 30.4 Å². The molecule has 7 nitrogen and oxygen atoms in total. The van der Waals surface area contributed by atoms with E-state index in [1.165, 1.54) is 25.7 Å². The first-order valence-electron chi connectivity index (χ1n) is 11.8. The number of amidine groups is 1. The highest BCUT2D eigenvalue weighted by molar-refractivity contribution is 6.12. The van der Waals surface area contributed by atoms with Crippen LogP contribution >= 0.6 is 12.4 Å². The second-order valence-corrected chi connectivity index (χ2v) is 9.53. The van der Waals surface area contributed by atoms with Crippen LogP contribution < -0.4 is 15.5 Å². The van der Waals surface area contributed by atoms with Crippen LogP contribution in [0, 0.1) is 18.8 Å². The van der Waals surface area contributed by atoms with Gasteiger partial charge in [0.05, 0.1) is 5.69 Å². The fourth-order valence-corrected chi connectivity index (χ4v) is 5.33. The van der Waals surface area contributed by atoms with Crippen LogP contribution in [0.25, 0.3) is 0 Å². The number of nitrogens with one attached hydrogen (secondary N) is 2. The number of aliphatic imine (C=N–C) groups is 1. The second-order valence-electron chi connectivity index (χ2n) is 9.53. The van der Waals surface area contributed by atoms with E-state index in [0.717, 1.165) is 35.7 Å². The molecule has 2 N–H and O–H groups in total. The van der Waals surface area contributed by atoms with E-state index in [2.05, 4.69) is 15.5 Å². The lowest BCUT2D eigenvalue weighted by atomic mass is 9.84. The number of benzene rings is 2. The lowest BCUT2D eigenvalue weighted by molar-refractivity contribution is -0.119. The number of fused-ring (bicyclic) bond motifs is 5. The summed E-state index contributed by atoms with van der Waals surface area (Å²) in [5.74, 6) is 1.87. The SMILES string of the molecule is Cc1cccc(NC(=O)NC2N=C(N3CC4CCC(CC4)C3)c3ccccc3N(C)C2=O)c1.Cl. The lowest BCUT2D eigenvalue weighted by Gasteiger charge is -2.27. The van der Waals surface area contributed by atoms with Crippen LogP contribution in [0.3, 0.4) is 0 Å². The summed E-state index contributed by atoms with van der Waals surface area (Å²) in [4.78, 5) is 35.0. The molecule has 0 aromatic heterocycles. The molecule has 1 aliphatic carbocycles. The minimum Gasteiger partial charge on any atom is -0.356 e. The lowest BCUT2D eigenvalue weighted by Crippen LogP contribution is -2.47. The molecule has 2 bridgehead atoms. The summed E-state index contributed by atoms with van der Waals surface area (Å²) in [6.45, 7) is 3.86. The van der Waals surface area contributed by atoms with Crippen molar-refractivity contribution in [1.29, 1.82) is 0 Å². The number of hydrogen-bond donors (Lipinski definition) is 2. The Bertz CT molecular complexity index is 1080. The third kappa shape index (κ3) is 4.89. The molecule has 180 valence electrons. The van der Waals surface area contributed by atoms with Gasteiger partial charge >= 0.3 is 6.03 Å². The molecule has 3 heterocycles. The predicted molar refractivity (Wildman–Crippen MR) is 138 cm³/mol. The van der Waals surface area contributed by atoms with Crippen molar-refractivity contribution in [2.45, 2.75) is 38.8 Å². The van der Waals surface area contributed by atoms with Crippen LogP contribution in [0.2, 0.25) is 0 Å². The van der Waals surface area contributed by atoms with Crippen molar-refractivity contribution in [3.8, 4) is 0 Å². The minimum atomic E-state index is -0.997. The van der Waals surface area contributed by atoms with Crippen LogP contribution in [-0.4, -0.2) is 49.0 Å². The standard InChI is InChI=1S/C26H31N5O2.ClH/c1-17-6-5-7-20(14-17)27-26(33)29-23-25(32)30(2)22-9-4-3-8-21(22)24(28-23)31-15-18-10-11-19(16-31)13-12-18;/h3-9,14,18-19,23H,10-13,15-16H2,1-2H3,(H2,27,29,33);1H. The molecule has 2 aromatic carbocycles. The molecule has 0 spiro atoms. The van der Waals surface area contributed by atoms with Gasteiger partial charge in [0.25, 0.3) is 5.91 Å². The number of hydrogen-bond acceptors (Lipinski definition) is 4. The number of carbonyl (C=O) groups excluding carboxylic acids is 2. The minimum absolute atomic E-state index is 0. The van der Waals surface area contributed by atoms with Gasteiger partial charge in [-0.3, -0.25) is 4.79 Å². The van der Waals surface area contributed by atoms with Gasteiger partial charge in [-0.1, -0.05) is 24.3 Å². The van der Waals surface area contributed by atoms with Crippen molar-refractivity contribution in [3.63, 3.8) is 0 Å². The van der Waals surface area contributed by atoms with E-state index in [1.54, 1.807) is 11.9 Å². The molecule has 3 aliphatic heterocycles. The summed E-state index contributed by atoms with van der Waals surface area (Å²) in [5, 5.41) is 5.64. The normalized spacial score (nSPS) is 23.8. The summed E-state index contributed by atoms with van der Waals surface area (Å²) < 4.78 is 0. The van der Waals surface area contributed by atoms with Crippen LogP contribution in [0.1, 0.15) is 36.8 Å². The zero-order valence-corrected chi connectivity index (χ0v) is 20.5. The van der Waals surface area contributed by atoms with Gasteiger partial charge in [0.15, 0.2) is 0 Å². The molecule has 3 amide bonds. The smallest absolute Gasteiger partial charge is 0.321 e. The molecular weight excluding hydrogens is 450 g/mol. The number of amides is 3. The van der Waals surface area contributed by atoms with Crippen LogP contribution in [0.15, 0.2) is 53.5 Å². The summed E-state index contributed by atoms with van der Waals surface area (Å²) in [5.41, 5.74) is 3.49. The molecular formula is C26H32ClN5O2. The Morgan fingerprint density at radius 3 is 2.35 bits per heavy atom. The Kier molecular flexibility index (Phi) is 7.12. The monoisotopic (exact) mass is 481 g/mol. The van der Waals surface area contributed by atoms with E-state index in [1.807, 2.05) is 55.5 Å². The maximum atomic E-state index is 13.3. The first kappa shape index (κ1) is 24.1. The first-order chi connectivity index (χ1) is 16.0. The van der Waals surface area contributed by atoms with Crippen LogP contribution in [-0.2, 0) is 4.79 Å². The molecule has 6 rings (SSSR count). The van der Waals surface area contributed by atoms with Gasteiger partial charge in [-0.05, 0) is 74.3 Å². The van der Waals surface area contributed by atoms with Gasteiger partial charge < -0.3 is 20.4 Å². The van der Waals surface area contributed by atoms with E-state index in [0.29, 0.717) is 17.5 Å². The van der Waals surface area contributed by atoms with E-state index < -0.39 is 12.2 Å². The average Bonchev–Trinajstić information content (AvgIpc) is 3.18. The molecule has 1 atom stereocenters. The maximum Gasteiger partial charge on any atom is 0.321 e. The van der Waals surface area contributed by atoms with E-state index in [4.69, 9.17) is 4.99 Å². The molecule has 8 heteroatoms. The van der Waals surface area contributed by atoms with Crippen molar-refractivity contribution in [2.24, 2.45) is 16.8 Å². The first-order valence-corrected chi connectivity index (χ1v) is 11.8. The van der Waals surface area contributed by atoms with E-state index in [-0.39, 0.29) is 18.3 Å². The Labute approximate surface area is 207 Å². The highest BCUT2D eigenvalue weighted by atomic mass is 35.5. The fraction of sp³-hybridized carbons (Fsp3) is 0.423. The number of rotatable bonds is 2. The topological polar surface area (TPSA) is 77.0 Å². The Morgan fingerprint density at radius 1 is 1.00 bits per heavy atom. The molecule has 1 unspecified atom stereocenters. The van der Waals surface area contributed by atoms with E-state index >= 15 is 0 Å². The Morgan fingerprint density at radius 2 is 1.68 bits per heavy atom. The third-order valence-electron chi connectivity index (χ3n) is 7.09. The van der Waals surface area contributed by atoms with Crippen molar-refractivity contribution in [1.82, 2.24) is 10.2 Å². The molecule has 2 saturated heterocycles. The molecule has 1 saturated carbocycles. The zero-order valence-electron chi connectivity index (χ0n) is 19.7. The van der Waals surface area contributed by atoms with Gasteiger partial charge in [-0.25, -0.2) is 9.79 Å². The number of benzodiazepines with no additional fused rings is 1. The zero-order chi connectivity index (χ0) is 22.9. The maximum absolute atomic E-state index is 13.3.